The third kappa shape index (κ3) is 3.05. The van der Waals surface area contributed by atoms with Crippen LogP contribution in [0.4, 0.5) is 0 Å². The lowest BCUT2D eigenvalue weighted by Crippen LogP contribution is -2.18. The smallest absolute Gasteiger partial charge is 0.221 e. The van der Waals surface area contributed by atoms with E-state index in [1.165, 1.54) is 0 Å². The van der Waals surface area contributed by atoms with Crippen molar-refractivity contribution in [3.63, 3.8) is 0 Å². The Bertz CT molecular complexity index is 341. The van der Waals surface area contributed by atoms with Gasteiger partial charge in [-0.05, 0) is 18.1 Å². The van der Waals surface area contributed by atoms with Crippen LogP contribution in [0.15, 0.2) is 18.3 Å². The minimum Gasteiger partial charge on any atom is -0.369 e. The van der Waals surface area contributed by atoms with Crippen LogP contribution in [0.1, 0.15) is 38.4 Å². The summed E-state index contributed by atoms with van der Waals surface area (Å²) in [5.74, 6) is -0.320. The van der Waals surface area contributed by atoms with Crippen LogP contribution in [-0.2, 0) is 16.6 Å². The van der Waals surface area contributed by atoms with Gasteiger partial charge >= 0.3 is 0 Å². The molecule has 0 aliphatic rings. The van der Waals surface area contributed by atoms with Gasteiger partial charge in [-0.1, -0.05) is 26.8 Å². The molecule has 3 nitrogen and oxygen atoms in total. The second-order valence-electron chi connectivity index (χ2n) is 4.43. The van der Waals surface area contributed by atoms with Crippen LogP contribution in [-0.4, -0.2) is 10.9 Å². The number of pyridine rings is 1. The van der Waals surface area contributed by atoms with Crippen molar-refractivity contribution >= 4 is 5.91 Å². The highest BCUT2D eigenvalue weighted by molar-refractivity contribution is 5.76. The van der Waals surface area contributed by atoms with E-state index in [1.807, 2.05) is 12.1 Å². The first-order valence-corrected chi connectivity index (χ1v) is 5.19. The molecule has 0 aliphatic heterocycles. The molecule has 0 unspecified atom stereocenters. The maximum absolute atomic E-state index is 10.7. The van der Waals surface area contributed by atoms with Gasteiger partial charge in [0.2, 0.25) is 5.91 Å². The molecule has 0 aliphatic carbocycles. The second-order valence-corrected chi connectivity index (χ2v) is 4.43. The summed E-state index contributed by atoms with van der Waals surface area (Å²) >= 11 is 0. The predicted molar refractivity (Wildman–Crippen MR) is 60.5 cm³/mol. The molecule has 0 atom stereocenters. The van der Waals surface area contributed by atoms with Crippen LogP contribution in [0.3, 0.4) is 0 Å². The Labute approximate surface area is 90.7 Å². The van der Waals surface area contributed by atoms with E-state index in [1.54, 1.807) is 6.20 Å². The van der Waals surface area contributed by atoms with E-state index >= 15 is 0 Å². The van der Waals surface area contributed by atoms with Crippen molar-refractivity contribution in [2.24, 2.45) is 5.73 Å². The summed E-state index contributed by atoms with van der Waals surface area (Å²) in [7, 11) is 0. The first kappa shape index (κ1) is 11.7. The molecule has 3 heteroatoms. The normalized spacial score (nSPS) is 11.4. The number of carbonyl (C=O) groups excluding carboxylic acids is 1. The van der Waals surface area contributed by atoms with Crippen molar-refractivity contribution in [1.82, 2.24) is 4.98 Å². The quantitative estimate of drug-likeness (QED) is 0.816. The highest BCUT2D eigenvalue weighted by Crippen LogP contribution is 2.24. The lowest BCUT2D eigenvalue weighted by molar-refractivity contribution is -0.117. The Balaban J connectivity index is 2.85. The van der Waals surface area contributed by atoms with E-state index in [0.717, 1.165) is 17.7 Å². The van der Waals surface area contributed by atoms with Gasteiger partial charge in [-0.2, -0.15) is 0 Å². The lowest BCUT2D eigenvalue weighted by atomic mass is 9.86. The fraction of sp³-hybridized carbons (Fsp3) is 0.500. The highest BCUT2D eigenvalue weighted by atomic mass is 16.1. The highest BCUT2D eigenvalue weighted by Gasteiger charge is 2.19. The zero-order valence-electron chi connectivity index (χ0n) is 9.58. The number of nitrogens with two attached hydrogens (primary N) is 1. The van der Waals surface area contributed by atoms with Crippen LogP contribution < -0.4 is 5.73 Å². The van der Waals surface area contributed by atoms with Crippen LogP contribution in [0.5, 0.6) is 0 Å². The molecule has 0 fully saturated rings. The molecule has 0 bridgehead atoms. The fourth-order valence-corrected chi connectivity index (χ4v) is 1.31. The van der Waals surface area contributed by atoms with Gasteiger partial charge in [0.1, 0.15) is 0 Å². The molecular formula is C12H18N2O. The Kier molecular flexibility index (Phi) is 3.45. The van der Waals surface area contributed by atoms with Crippen molar-refractivity contribution in [1.29, 1.82) is 0 Å². The van der Waals surface area contributed by atoms with E-state index in [9.17, 15) is 4.79 Å². The van der Waals surface area contributed by atoms with Crippen molar-refractivity contribution in [3.05, 3.63) is 29.6 Å². The zero-order chi connectivity index (χ0) is 11.5. The first-order valence-electron chi connectivity index (χ1n) is 5.19. The van der Waals surface area contributed by atoms with Gasteiger partial charge in [0.25, 0.3) is 0 Å². The zero-order valence-corrected chi connectivity index (χ0v) is 9.58. The number of hydrogen-bond acceptors (Lipinski definition) is 2. The Morgan fingerprint density at radius 1 is 1.47 bits per heavy atom. The number of amides is 1. The van der Waals surface area contributed by atoms with E-state index in [2.05, 4.69) is 25.8 Å². The van der Waals surface area contributed by atoms with Gasteiger partial charge < -0.3 is 5.73 Å². The molecule has 1 amide bonds. The molecule has 1 rings (SSSR count). The summed E-state index contributed by atoms with van der Waals surface area (Å²) in [5, 5.41) is 0. The van der Waals surface area contributed by atoms with Crippen molar-refractivity contribution in [3.8, 4) is 0 Å². The lowest BCUT2D eigenvalue weighted by Gasteiger charge is -2.21. The van der Waals surface area contributed by atoms with Crippen LogP contribution in [0, 0.1) is 0 Å². The van der Waals surface area contributed by atoms with Crippen LogP contribution in [0.2, 0.25) is 0 Å². The third-order valence-corrected chi connectivity index (χ3v) is 2.78. The fourth-order valence-electron chi connectivity index (χ4n) is 1.31. The molecule has 82 valence electrons. The number of hydrogen-bond donors (Lipinski definition) is 1. The average molecular weight is 206 g/mol. The Morgan fingerprint density at radius 2 is 2.13 bits per heavy atom. The number of nitrogens with zero attached hydrogens (tertiary/aromatic N) is 1. The van der Waals surface area contributed by atoms with E-state index < -0.39 is 0 Å². The van der Waals surface area contributed by atoms with Crippen molar-refractivity contribution < 1.29 is 4.79 Å². The Morgan fingerprint density at radius 3 is 2.53 bits per heavy atom. The van der Waals surface area contributed by atoms with Crippen molar-refractivity contribution in [2.75, 3.05) is 0 Å². The van der Waals surface area contributed by atoms with Crippen molar-refractivity contribution in [2.45, 2.75) is 39.0 Å². The first-order chi connectivity index (χ1) is 6.95. The molecule has 15 heavy (non-hydrogen) atoms. The number of primary amides is 1. The maximum atomic E-state index is 10.7. The monoisotopic (exact) mass is 206 g/mol. The van der Waals surface area contributed by atoms with Gasteiger partial charge in [0.15, 0.2) is 0 Å². The molecule has 0 spiro atoms. The molecule has 0 radical (unpaired) electrons. The molecule has 1 aromatic heterocycles. The summed E-state index contributed by atoms with van der Waals surface area (Å²) in [5.41, 5.74) is 7.12. The summed E-state index contributed by atoms with van der Waals surface area (Å²) in [4.78, 5) is 15.1. The third-order valence-electron chi connectivity index (χ3n) is 2.78. The summed E-state index contributed by atoms with van der Waals surface area (Å²) < 4.78 is 0. The SMILES string of the molecule is CCC(C)(C)c1ccc(CC(N)=O)cn1. The standard InChI is InChI=1S/C12H18N2O/c1-4-12(2,3)10-6-5-9(8-14-10)7-11(13)15/h5-6,8H,4,7H2,1-3H3,(H2,13,15). The minimum absolute atomic E-state index is 0.0885. The number of rotatable bonds is 4. The summed E-state index contributed by atoms with van der Waals surface area (Å²) in [6.45, 7) is 6.45. The molecule has 2 N–H and O–H groups in total. The van der Waals surface area contributed by atoms with E-state index in [-0.39, 0.29) is 17.7 Å². The van der Waals surface area contributed by atoms with Gasteiger partial charge in [-0.3, -0.25) is 9.78 Å². The van der Waals surface area contributed by atoms with Gasteiger partial charge in [-0.25, -0.2) is 0 Å². The second kappa shape index (κ2) is 4.43. The minimum atomic E-state index is -0.320. The molecule has 1 aromatic rings. The average Bonchev–Trinajstić information content (AvgIpc) is 2.18. The van der Waals surface area contributed by atoms with Crippen LogP contribution in [0.25, 0.3) is 0 Å². The van der Waals surface area contributed by atoms with Gasteiger partial charge in [-0.15, -0.1) is 0 Å². The molecule has 0 saturated carbocycles. The van der Waals surface area contributed by atoms with E-state index in [0.29, 0.717) is 0 Å². The molecule has 1 heterocycles. The topological polar surface area (TPSA) is 56.0 Å². The number of carbonyl (C=O) groups is 1. The summed E-state index contributed by atoms with van der Waals surface area (Å²) in [6, 6.07) is 3.90. The largest absolute Gasteiger partial charge is 0.369 e. The summed E-state index contributed by atoms with van der Waals surface area (Å²) in [6.07, 6.45) is 3.03. The molecular weight excluding hydrogens is 188 g/mol. The van der Waals surface area contributed by atoms with Crippen LogP contribution >= 0.6 is 0 Å². The number of aromatic nitrogens is 1. The molecule has 0 aromatic carbocycles. The molecule has 0 saturated heterocycles. The van der Waals surface area contributed by atoms with Gasteiger partial charge in [0, 0.05) is 17.3 Å². The predicted octanol–water partition coefficient (Wildman–Crippen LogP) is 1.80. The Hall–Kier alpha value is -1.38. The van der Waals surface area contributed by atoms with Gasteiger partial charge in [0.05, 0.1) is 6.42 Å². The van der Waals surface area contributed by atoms with E-state index in [4.69, 9.17) is 5.73 Å². The maximum Gasteiger partial charge on any atom is 0.221 e.